The van der Waals surface area contributed by atoms with Crippen LogP contribution in [0, 0.1) is 17.4 Å². The molecule has 0 spiro atoms. The highest BCUT2D eigenvalue weighted by Gasteiger charge is 2.17. The molecule has 1 heterocycles. The summed E-state index contributed by atoms with van der Waals surface area (Å²) in [4.78, 5) is 7.58. The van der Waals surface area contributed by atoms with Gasteiger partial charge in [0.1, 0.15) is 16.3 Å². The Kier molecular flexibility index (Phi) is 3.54. The zero-order valence-electron chi connectivity index (χ0n) is 11.5. The molecule has 0 aliphatic carbocycles. The van der Waals surface area contributed by atoms with Gasteiger partial charge in [-0.15, -0.1) is 0 Å². The lowest BCUT2D eigenvalue weighted by Gasteiger charge is -2.18. The van der Waals surface area contributed by atoms with Gasteiger partial charge >= 0.3 is 0 Å². The van der Waals surface area contributed by atoms with E-state index in [0.29, 0.717) is 10.2 Å². The van der Waals surface area contributed by atoms with Crippen LogP contribution in [-0.4, -0.2) is 9.97 Å². The number of nitrogens with zero attached hydrogens (tertiary/aromatic N) is 1. The highest BCUT2D eigenvalue weighted by Crippen LogP contribution is 2.24. The molecular formula is C15H17FN2S. The van der Waals surface area contributed by atoms with Gasteiger partial charge in [0, 0.05) is 16.7 Å². The first-order valence-electron chi connectivity index (χ1n) is 6.16. The molecule has 0 bridgehead atoms. The number of benzene rings is 1. The summed E-state index contributed by atoms with van der Waals surface area (Å²) in [5.74, 6) is 0.585. The molecule has 0 amide bonds. The van der Waals surface area contributed by atoms with Crippen LogP contribution in [0.5, 0.6) is 0 Å². The average molecular weight is 276 g/mol. The van der Waals surface area contributed by atoms with Crippen molar-refractivity contribution in [3.05, 3.63) is 46.1 Å². The molecule has 4 heteroatoms. The van der Waals surface area contributed by atoms with Crippen LogP contribution in [0.1, 0.15) is 32.2 Å². The first kappa shape index (κ1) is 13.9. The van der Waals surface area contributed by atoms with Crippen LogP contribution in [-0.2, 0) is 5.41 Å². The molecule has 2 aromatic rings. The summed E-state index contributed by atoms with van der Waals surface area (Å²) in [6.07, 6.45) is 0. The summed E-state index contributed by atoms with van der Waals surface area (Å²) < 4.78 is 14.2. The van der Waals surface area contributed by atoms with E-state index in [1.54, 1.807) is 19.1 Å². The maximum atomic E-state index is 13.6. The van der Waals surface area contributed by atoms with Crippen LogP contribution in [0.2, 0.25) is 0 Å². The van der Waals surface area contributed by atoms with E-state index in [1.807, 2.05) is 6.07 Å². The molecule has 100 valence electrons. The van der Waals surface area contributed by atoms with Crippen molar-refractivity contribution in [3.8, 4) is 11.3 Å². The first-order valence-corrected chi connectivity index (χ1v) is 6.56. The summed E-state index contributed by atoms with van der Waals surface area (Å²) in [6, 6.07) is 6.92. The van der Waals surface area contributed by atoms with Crippen LogP contribution in [0.3, 0.4) is 0 Å². The fourth-order valence-electron chi connectivity index (χ4n) is 1.73. The molecule has 1 aromatic carbocycles. The van der Waals surface area contributed by atoms with Gasteiger partial charge in [-0.05, 0) is 24.6 Å². The van der Waals surface area contributed by atoms with Crippen LogP contribution >= 0.6 is 12.2 Å². The number of aromatic nitrogens is 2. The number of halogens is 1. The lowest BCUT2D eigenvalue weighted by atomic mass is 9.95. The van der Waals surface area contributed by atoms with E-state index in [1.165, 1.54) is 6.07 Å². The first-order chi connectivity index (χ1) is 8.77. The largest absolute Gasteiger partial charge is 0.343 e. The smallest absolute Gasteiger partial charge is 0.130 e. The van der Waals surface area contributed by atoms with E-state index in [0.717, 1.165) is 17.1 Å². The van der Waals surface area contributed by atoms with Crippen molar-refractivity contribution < 1.29 is 4.39 Å². The Morgan fingerprint density at radius 3 is 2.47 bits per heavy atom. The molecule has 0 saturated carbocycles. The molecule has 0 saturated heterocycles. The van der Waals surface area contributed by atoms with E-state index in [9.17, 15) is 4.39 Å². The molecule has 0 atom stereocenters. The lowest BCUT2D eigenvalue weighted by Crippen LogP contribution is -2.16. The summed E-state index contributed by atoms with van der Waals surface area (Å²) in [6.45, 7) is 7.91. The number of rotatable bonds is 1. The van der Waals surface area contributed by atoms with Gasteiger partial charge in [0.25, 0.3) is 0 Å². The molecule has 0 unspecified atom stereocenters. The highest BCUT2D eigenvalue weighted by atomic mass is 32.1. The molecule has 0 fully saturated rings. The van der Waals surface area contributed by atoms with E-state index in [2.05, 4.69) is 30.7 Å². The van der Waals surface area contributed by atoms with Gasteiger partial charge in [0.05, 0.1) is 0 Å². The van der Waals surface area contributed by atoms with E-state index < -0.39 is 0 Å². The lowest BCUT2D eigenvalue weighted by molar-refractivity contribution is 0.545. The average Bonchev–Trinajstić information content (AvgIpc) is 2.31. The normalized spacial score (nSPS) is 11.6. The number of aryl methyl sites for hydroxylation is 1. The van der Waals surface area contributed by atoms with Gasteiger partial charge in [0.15, 0.2) is 0 Å². The summed E-state index contributed by atoms with van der Waals surface area (Å²) in [7, 11) is 0. The minimum absolute atomic E-state index is 0.132. The molecule has 1 aromatic heterocycles. The third kappa shape index (κ3) is 3.07. The Morgan fingerprint density at radius 2 is 1.89 bits per heavy atom. The van der Waals surface area contributed by atoms with Crippen molar-refractivity contribution in [1.29, 1.82) is 0 Å². The molecule has 2 rings (SSSR count). The number of nitrogens with one attached hydrogen (secondary N) is 1. The van der Waals surface area contributed by atoms with Crippen LogP contribution in [0.4, 0.5) is 4.39 Å². The second-order valence-corrected chi connectivity index (χ2v) is 6.11. The molecule has 2 nitrogen and oxygen atoms in total. The SMILES string of the molecule is Cc1ccc(-c2cc(=S)nc(C(C)(C)C)[nH]2)cc1F. The summed E-state index contributed by atoms with van der Waals surface area (Å²) >= 11 is 5.19. The Labute approximate surface area is 117 Å². The predicted molar refractivity (Wildman–Crippen MR) is 78.3 cm³/mol. The van der Waals surface area contributed by atoms with Gasteiger partial charge in [-0.1, -0.05) is 45.1 Å². The van der Waals surface area contributed by atoms with E-state index in [4.69, 9.17) is 12.2 Å². The van der Waals surface area contributed by atoms with Crippen molar-refractivity contribution in [1.82, 2.24) is 9.97 Å². The molecule has 1 N–H and O–H groups in total. The monoisotopic (exact) mass is 276 g/mol. The molecule has 0 radical (unpaired) electrons. The third-order valence-electron chi connectivity index (χ3n) is 2.94. The fourth-order valence-corrected chi connectivity index (χ4v) is 1.94. The maximum absolute atomic E-state index is 13.6. The molecule has 19 heavy (non-hydrogen) atoms. The van der Waals surface area contributed by atoms with Gasteiger partial charge in [-0.2, -0.15) is 0 Å². The third-order valence-corrected chi connectivity index (χ3v) is 3.15. The van der Waals surface area contributed by atoms with Crippen molar-refractivity contribution in [2.45, 2.75) is 33.1 Å². The Bertz CT molecular complexity index is 669. The van der Waals surface area contributed by atoms with E-state index in [-0.39, 0.29) is 11.2 Å². The Morgan fingerprint density at radius 1 is 1.21 bits per heavy atom. The fraction of sp³-hybridized carbons (Fsp3) is 0.333. The second-order valence-electron chi connectivity index (χ2n) is 5.70. The molecule has 0 aliphatic heterocycles. The second kappa shape index (κ2) is 4.85. The van der Waals surface area contributed by atoms with Gasteiger partial charge < -0.3 is 4.98 Å². The van der Waals surface area contributed by atoms with Gasteiger partial charge in [-0.25, -0.2) is 9.37 Å². The highest BCUT2D eigenvalue weighted by molar-refractivity contribution is 7.71. The number of aromatic amines is 1. The van der Waals surface area contributed by atoms with Crippen LogP contribution in [0.15, 0.2) is 24.3 Å². The minimum atomic E-state index is -0.217. The van der Waals surface area contributed by atoms with Crippen molar-refractivity contribution in [2.24, 2.45) is 0 Å². The summed E-state index contributed by atoms with van der Waals surface area (Å²) in [5, 5.41) is 0. The number of hydrogen-bond acceptors (Lipinski definition) is 2. The van der Waals surface area contributed by atoms with Crippen molar-refractivity contribution >= 4 is 12.2 Å². The zero-order valence-corrected chi connectivity index (χ0v) is 12.4. The van der Waals surface area contributed by atoms with Gasteiger partial charge in [0.2, 0.25) is 0 Å². The quantitative estimate of drug-likeness (QED) is 0.774. The van der Waals surface area contributed by atoms with Crippen LogP contribution in [0.25, 0.3) is 11.3 Å². The van der Waals surface area contributed by atoms with Crippen molar-refractivity contribution in [3.63, 3.8) is 0 Å². The van der Waals surface area contributed by atoms with Crippen LogP contribution < -0.4 is 0 Å². The Balaban J connectivity index is 2.59. The van der Waals surface area contributed by atoms with E-state index >= 15 is 0 Å². The Hall–Kier alpha value is -1.55. The topological polar surface area (TPSA) is 28.7 Å². The van der Waals surface area contributed by atoms with Gasteiger partial charge in [-0.3, -0.25) is 0 Å². The summed E-state index contributed by atoms with van der Waals surface area (Å²) in [5.41, 5.74) is 2.07. The predicted octanol–water partition coefficient (Wildman–Crippen LogP) is 4.55. The number of H-pyrrole nitrogens is 1. The standard InChI is InChI=1S/C15H17FN2S/c1-9-5-6-10(7-11(9)16)12-8-13(19)18-14(17-12)15(2,3)4/h5-8H,1-4H3,(H,17,18,19). The maximum Gasteiger partial charge on any atom is 0.130 e. The molecular weight excluding hydrogens is 259 g/mol. The minimum Gasteiger partial charge on any atom is -0.343 e. The zero-order chi connectivity index (χ0) is 14.2. The van der Waals surface area contributed by atoms with Crippen molar-refractivity contribution in [2.75, 3.05) is 0 Å². The molecule has 0 aliphatic rings. The number of hydrogen-bond donors (Lipinski definition) is 1.